The van der Waals surface area contributed by atoms with Gasteiger partial charge in [0.1, 0.15) is 5.82 Å². The van der Waals surface area contributed by atoms with E-state index in [1.165, 1.54) is 6.42 Å². The second-order valence-electron chi connectivity index (χ2n) is 5.93. The highest BCUT2D eigenvalue weighted by Gasteiger charge is 2.19. The van der Waals surface area contributed by atoms with Gasteiger partial charge in [0.15, 0.2) is 0 Å². The Bertz CT molecular complexity index is 446. The number of likely N-dealkylation sites (N-methyl/N-ethyl adjacent to an activating group) is 1. The summed E-state index contributed by atoms with van der Waals surface area (Å²) in [5.74, 6) is -0.172. The van der Waals surface area contributed by atoms with E-state index >= 15 is 0 Å². The molecule has 4 heteroatoms. The second kappa shape index (κ2) is 7.87. The van der Waals surface area contributed by atoms with Crippen molar-refractivity contribution in [2.75, 3.05) is 26.2 Å². The molecule has 0 radical (unpaired) electrons. The summed E-state index contributed by atoms with van der Waals surface area (Å²) in [6.07, 6.45) is 3.54. The van der Waals surface area contributed by atoms with Gasteiger partial charge in [0.25, 0.3) is 0 Å². The monoisotopic (exact) mass is 294 g/mol. The Morgan fingerprint density at radius 3 is 2.90 bits per heavy atom. The highest BCUT2D eigenvalue weighted by molar-refractivity contribution is 5.25. The summed E-state index contributed by atoms with van der Waals surface area (Å²) in [5.41, 5.74) is 7.75. The first kappa shape index (κ1) is 16.4. The van der Waals surface area contributed by atoms with Crippen molar-refractivity contribution in [2.45, 2.75) is 45.3 Å². The van der Waals surface area contributed by atoms with Crippen LogP contribution >= 0.6 is 0 Å². The molecular weight excluding hydrogens is 267 g/mol. The molecule has 118 valence electrons. The van der Waals surface area contributed by atoms with Crippen LogP contribution in [0.3, 0.4) is 0 Å². The number of hydrogen-bond donors (Lipinski definition) is 1. The van der Waals surface area contributed by atoms with E-state index in [2.05, 4.69) is 11.8 Å². The molecule has 1 saturated heterocycles. The van der Waals surface area contributed by atoms with Crippen LogP contribution in [0.15, 0.2) is 18.2 Å². The summed E-state index contributed by atoms with van der Waals surface area (Å²) in [4.78, 5) is 2.38. The third kappa shape index (κ3) is 4.77. The zero-order valence-corrected chi connectivity index (χ0v) is 13.1. The lowest BCUT2D eigenvalue weighted by Gasteiger charge is -2.25. The molecule has 0 saturated carbocycles. The lowest BCUT2D eigenvalue weighted by molar-refractivity contribution is 0.0738. The van der Waals surface area contributed by atoms with Crippen LogP contribution in [0.4, 0.5) is 4.39 Å². The summed E-state index contributed by atoms with van der Waals surface area (Å²) >= 11 is 0. The van der Waals surface area contributed by atoms with Gasteiger partial charge in [-0.3, -0.25) is 0 Å². The topological polar surface area (TPSA) is 38.5 Å². The number of ether oxygens (including phenoxy) is 1. The minimum absolute atomic E-state index is 0.112. The molecule has 0 amide bonds. The summed E-state index contributed by atoms with van der Waals surface area (Å²) in [7, 11) is 0. The lowest BCUT2D eigenvalue weighted by Crippen LogP contribution is -2.34. The first-order valence-electron chi connectivity index (χ1n) is 7.95. The quantitative estimate of drug-likeness (QED) is 0.840. The molecule has 1 aromatic carbocycles. The Morgan fingerprint density at radius 2 is 2.29 bits per heavy atom. The van der Waals surface area contributed by atoms with Crippen LogP contribution in [-0.2, 0) is 4.74 Å². The summed E-state index contributed by atoms with van der Waals surface area (Å²) in [6, 6.07) is 5.18. The van der Waals surface area contributed by atoms with E-state index in [9.17, 15) is 4.39 Å². The molecule has 1 fully saturated rings. The summed E-state index contributed by atoms with van der Waals surface area (Å²) in [5, 5.41) is 0. The Labute approximate surface area is 127 Å². The fraction of sp³-hybridized carbons (Fsp3) is 0.647. The Kier molecular flexibility index (Phi) is 6.15. The number of aryl methyl sites for hydroxylation is 1. The maximum Gasteiger partial charge on any atom is 0.126 e. The van der Waals surface area contributed by atoms with Crippen LogP contribution in [0.5, 0.6) is 0 Å². The van der Waals surface area contributed by atoms with E-state index in [0.29, 0.717) is 11.7 Å². The van der Waals surface area contributed by atoms with E-state index in [1.54, 1.807) is 19.1 Å². The number of halogens is 1. The third-order valence-electron chi connectivity index (χ3n) is 4.31. The predicted molar refractivity (Wildman–Crippen MR) is 83.8 cm³/mol. The molecule has 0 aliphatic carbocycles. The van der Waals surface area contributed by atoms with Gasteiger partial charge >= 0.3 is 0 Å². The van der Waals surface area contributed by atoms with Crippen molar-refractivity contribution in [3.8, 4) is 0 Å². The number of benzene rings is 1. The molecule has 2 rings (SSSR count). The van der Waals surface area contributed by atoms with Crippen molar-refractivity contribution in [2.24, 2.45) is 5.73 Å². The maximum absolute atomic E-state index is 13.6. The van der Waals surface area contributed by atoms with Crippen molar-refractivity contribution in [1.82, 2.24) is 4.90 Å². The van der Waals surface area contributed by atoms with Crippen molar-refractivity contribution in [3.63, 3.8) is 0 Å². The van der Waals surface area contributed by atoms with Gasteiger partial charge in [0.2, 0.25) is 0 Å². The molecule has 1 heterocycles. The fourth-order valence-corrected chi connectivity index (χ4v) is 2.78. The molecule has 1 aliphatic heterocycles. The molecular formula is C17H27FN2O. The van der Waals surface area contributed by atoms with E-state index in [1.807, 2.05) is 6.07 Å². The SMILES string of the molecule is CCN(CCC(N)c1ccc(C)c(F)c1)CC1CCCO1. The first-order chi connectivity index (χ1) is 10.1. The van der Waals surface area contributed by atoms with Gasteiger partial charge in [0, 0.05) is 25.7 Å². The minimum Gasteiger partial charge on any atom is -0.377 e. The maximum atomic E-state index is 13.6. The molecule has 1 aliphatic rings. The van der Waals surface area contributed by atoms with E-state index in [0.717, 1.165) is 44.6 Å². The largest absolute Gasteiger partial charge is 0.377 e. The standard InChI is InChI=1S/C17H27FN2O/c1-3-20(12-15-5-4-10-21-15)9-8-17(19)14-7-6-13(2)16(18)11-14/h6-7,11,15,17H,3-5,8-10,12,19H2,1-2H3. The van der Waals surface area contributed by atoms with Crippen LogP contribution in [-0.4, -0.2) is 37.2 Å². The van der Waals surface area contributed by atoms with Crippen molar-refractivity contribution < 1.29 is 9.13 Å². The zero-order chi connectivity index (χ0) is 15.2. The first-order valence-corrected chi connectivity index (χ1v) is 7.95. The van der Waals surface area contributed by atoms with Crippen molar-refractivity contribution in [1.29, 1.82) is 0 Å². The highest BCUT2D eigenvalue weighted by Crippen LogP contribution is 2.19. The third-order valence-corrected chi connectivity index (χ3v) is 4.31. The van der Waals surface area contributed by atoms with Gasteiger partial charge in [-0.2, -0.15) is 0 Å². The van der Waals surface area contributed by atoms with Gasteiger partial charge in [-0.1, -0.05) is 19.1 Å². The van der Waals surface area contributed by atoms with Crippen LogP contribution in [0.1, 0.15) is 43.4 Å². The molecule has 0 aromatic heterocycles. The molecule has 0 spiro atoms. The normalized spacial score (nSPS) is 20.1. The van der Waals surface area contributed by atoms with E-state index in [-0.39, 0.29) is 11.9 Å². The molecule has 2 N–H and O–H groups in total. The molecule has 2 unspecified atom stereocenters. The highest BCUT2D eigenvalue weighted by atomic mass is 19.1. The van der Waals surface area contributed by atoms with Gasteiger partial charge in [-0.05, 0) is 49.9 Å². The van der Waals surface area contributed by atoms with E-state index in [4.69, 9.17) is 10.5 Å². The Hall–Kier alpha value is -0.970. The second-order valence-corrected chi connectivity index (χ2v) is 5.93. The van der Waals surface area contributed by atoms with E-state index < -0.39 is 0 Å². The van der Waals surface area contributed by atoms with Crippen LogP contribution in [0, 0.1) is 12.7 Å². The minimum atomic E-state index is -0.172. The van der Waals surface area contributed by atoms with Crippen LogP contribution in [0.25, 0.3) is 0 Å². The molecule has 2 atom stereocenters. The average molecular weight is 294 g/mol. The van der Waals surface area contributed by atoms with Gasteiger partial charge < -0.3 is 15.4 Å². The van der Waals surface area contributed by atoms with Crippen LogP contribution < -0.4 is 5.73 Å². The fourth-order valence-electron chi connectivity index (χ4n) is 2.78. The molecule has 0 bridgehead atoms. The summed E-state index contributed by atoms with van der Waals surface area (Å²) in [6.45, 7) is 7.72. The average Bonchev–Trinajstić information content (AvgIpc) is 2.99. The predicted octanol–water partition coefficient (Wildman–Crippen LogP) is 3.02. The van der Waals surface area contributed by atoms with Crippen LogP contribution in [0.2, 0.25) is 0 Å². The van der Waals surface area contributed by atoms with Crippen molar-refractivity contribution >= 4 is 0 Å². The van der Waals surface area contributed by atoms with Gasteiger partial charge in [0.05, 0.1) is 6.10 Å². The van der Waals surface area contributed by atoms with Gasteiger partial charge in [-0.25, -0.2) is 4.39 Å². The number of nitrogens with two attached hydrogens (primary N) is 1. The van der Waals surface area contributed by atoms with Crippen molar-refractivity contribution in [3.05, 3.63) is 35.1 Å². The Morgan fingerprint density at radius 1 is 1.48 bits per heavy atom. The smallest absolute Gasteiger partial charge is 0.126 e. The summed E-state index contributed by atoms with van der Waals surface area (Å²) < 4.78 is 19.3. The number of hydrogen-bond acceptors (Lipinski definition) is 3. The Balaban J connectivity index is 1.83. The lowest BCUT2D eigenvalue weighted by atomic mass is 10.0. The van der Waals surface area contributed by atoms with Gasteiger partial charge in [-0.15, -0.1) is 0 Å². The zero-order valence-electron chi connectivity index (χ0n) is 13.1. The molecule has 3 nitrogen and oxygen atoms in total. The molecule has 1 aromatic rings. The molecule has 21 heavy (non-hydrogen) atoms. The number of nitrogens with zero attached hydrogens (tertiary/aromatic N) is 1. The number of rotatable bonds is 7.